The SMILES string of the molecule is CCCC(C)(NC(=O)N(C)CCc1ccccc1)C(=O)O. The van der Waals surface area contributed by atoms with Crippen LogP contribution in [0.4, 0.5) is 4.79 Å². The fourth-order valence-electron chi connectivity index (χ4n) is 2.10. The van der Waals surface area contributed by atoms with Gasteiger partial charge in [0.05, 0.1) is 0 Å². The number of nitrogens with zero attached hydrogens (tertiary/aromatic N) is 1. The summed E-state index contributed by atoms with van der Waals surface area (Å²) in [5.41, 5.74) is -0.0703. The van der Waals surface area contributed by atoms with E-state index < -0.39 is 11.5 Å². The van der Waals surface area contributed by atoms with Crippen molar-refractivity contribution in [1.29, 1.82) is 0 Å². The van der Waals surface area contributed by atoms with Crippen LogP contribution >= 0.6 is 0 Å². The standard InChI is InChI=1S/C16H24N2O3/c1-4-11-16(2,14(19)20)17-15(21)18(3)12-10-13-8-6-5-7-9-13/h5-9H,4,10-12H2,1-3H3,(H,17,21)(H,19,20). The number of urea groups is 1. The Morgan fingerprint density at radius 2 is 1.90 bits per heavy atom. The average Bonchev–Trinajstić information content (AvgIpc) is 2.45. The lowest BCUT2D eigenvalue weighted by molar-refractivity contribution is -0.144. The van der Waals surface area contributed by atoms with Crippen molar-refractivity contribution in [3.63, 3.8) is 0 Å². The lowest BCUT2D eigenvalue weighted by atomic mass is 9.96. The molecule has 2 amide bonds. The molecule has 5 nitrogen and oxygen atoms in total. The zero-order chi connectivity index (χ0) is 15.9. The Hall–Kier alpha value is -2.04. The van der Waals surface area contributed by atoms with Crippen LogP contribution in [0.2, 0.25) is 0 Å². The predicted molar refractivity (Wildman–Crippen MR) is 82.3 cm³/mol. The van der Waals surface area contributed by atoms with Crippen molar-refractivity contribution in [3.8, 4) is 0 Å². The van der Waals surface area contributed by atoms with Crippen LogP contribution < -0.4 is 5.32 Å². The van der Waals surface area contributed by atoms with Gasteiger partial charge in [0.15, 0.2) is 0 Å². The van der Waals surface area contributed by atoms with Crippen LogP contribution in [0.25, 0.3) is 0 Å². The maximum Gasteiger partial charge on any atom is 0.329 e. The maximum atomic E-state index is 12.1. The molecule has 0 saturated carbocycles. The van der Waals surface area contributed by atoms with Crippen LogP contribution in [0.1, 0.15) is 32.3 Å². The van der Waals surface area contributed by atoms with Crippen molar-refractivity contribution in [1.82, 2.24) is 10.2 Å². The van der Waals surface area contributed by atoms with E-state index in [9.17, 15) is 14.7 Å². The molecule has 0 spiro atoms. The molecule has 0 radical (unpaired) electrons. The molecule has 116 valence electrons. The van der Waals surface area contributed by atoms with Crippen LogP contribution in [0.3, 0.4) is 0 Å². The lowest BCUT2D eigenvalue weighted by Crippen LogP contribution is -2.55. The fourth-order valence-corrected chi connectivity index (χ4v) is 2.10. The molecule has 21 heavy (non-hydrogen) atoms. The highest BCUT2D eigenvalue weighted by Gasteiger charge is 2.34. The Kier molecular flexibility index (Phi) is 6.21. The van der Waals surface area contributed by atoms with Crippen molar-refractivity contribution in [2.45, 2.75) is 38.6 Å². The third-order valence-corrected chi connectivity index (χ3v) is 3.53. The summed E-state index contributed by atoms with van der Waals surface area (Å²) >= 11 is 0. The minimum atomic E-state index is -1.22. The first kappa shape index (κ1) is 17.0. The van der Waals surface area contributed by atoms with Gasteiger partial charge < -0.3 is 15.3 Å². The summed E-state index contributed by atoms with van der Waals surface area (Å²) in [6.45, 7) is 3.98. The number of benzene rings is 1. The van der Waals surface area contributed by atoms with Gasteiger partial charge in [-0.15, -0.1) is 0 Å². The summed E-state index contributed by atoms with van der Waals surface area (Å²) < 4.78 is 0. The molecule has 1 aromatic carbocycles. The van der Waals surface area contributed by atoms with Crippen molar-refractivity contribution in [2.24, 2.45) is 0 Å². The predicted octanol–water partition coefficient (Wildman–Crippen LogP) is 2.51. The Morgan fingerprint density at radius 1 is 1.29 bits per heavy atom. The third-order valence-electron chi connectivity index (χ3n) is 3.53. The zero-order valence-electron chi connectivity index (χ0n) is 12.9. The molecule has 2 N–H and O–H groups in total. The van der Waals surface area contributed by atoms with Crippen LogP contribution in [0.5, 0.6) is 0 Å². The molecule has 0 bridgehead atoms. The van der Waals surface area contributed by atoms with Gasteiger partial charge in [-0.05, 0) is 25.3 Å². The van der Waals surface area contributed by atoms with Crippen molar-refractivity contribution in [3.05, 3.63) is 35.9 Å². The Bertz CT molecular complexity index is 476. The molecule has 1 unspecified atom stereocenters. The van der Waals surface area contributed by atoms with Gasteiger partial charge in [-0.2, -0.15) is 0 Å². The lowest BCUT2D eigenvalue weighted by Gasteiger charge is -2.29. The second kappa shape index (κ2) is 7.67. The van der Waals surface area contributed by atoms with Gasteiger partial charge in [-0.25, -0.2) is 9.59 Å². The number of carbonyl (C=O) groups excluding carboxylic acids is 1. The number of hydrogen-bond donors (Lipinski definition) is 2. The molecule has 1 aromatic rings. The molecular formula is C16H24N2O3. The summed E-state index contributed by atoms with van der Waals surface area (Å²) in [5.74, 6) is -1.01. The van der Waals surface area contributed by atoms with Gasteiger partial charge in [-0.1, -0.05) is 43.7 Å². The molecule has 0 aliphatic carbocycles. The van der Waals surface area contributed by atoms with E-state index in [2.05, 4.69) is 5.32 Å². The Labute approximate surface area is 126 Å². The third kappa shape index (κ3) is 5.10. The van der Waals surface area contributed by atoms with Crippen molar-refractivity contribution >= 4 is 12.0 Å². The quantitative estimate of drug-likeness (QED) is 0.811. The van der Waals surface area contributed by atoms with Gasteiger partial charge in [0.1, 0.15) is 5.54 Å². The molecule has 1 atom stereocenters. The molecule has 0 saturated heterocycles. The molecular weight excluding hydrogens is 268 g/mol. The van der Waals surface area contributed by atoms with Gasteiger partial charge in [-0.3, -0.25) is 0 Å². The average molecular weight is 292 g/mol. The number of carbonyl (C=O) groups is 2. The second-order valence-electron chi connectivity index (χ2n) is 5.47. The number of likely N-dealkylation sites (N-methyl/N-ethyl adjacent to an activating group) is 1. The summed E-state index contributed by atoms with van der Waals surface area (Å²) in [6.07, 6.45) is 1.83. The molecule has 0 aliphatic rings. The minimum Gasteiger partial charge on any atom is -0.480 e. The zero-order valence-corrected chi connectivity index (χ0v) is 12.9. The highest BCUT2D eigenvalue weighted by Crippen LogP contribution is 2.13. The largest absolute Gasteiger partial charge is 0.480 e. The van der Waals surface area contributed by atoms with Gasteiger partial charge in [0.2, 0.25) is 0 Å². The van der Waals surface area contributed by atoms with E-state index in [0.29, 0.717) is 19.4 Å². The van der Waals surface area contributed by atoms with Gasteiger partial charge in [0, 0.05) is 13.6 Å². The summed E-state index contributed by atoms with van der Waals surface area (Å²) in [5, 5.41) is 11.9. The normalized spacial score (nSPS) is 13.3. The van der Waals surface area contributed by atoms with E-state index in [4.69, 9.17) is 0 Å². The highest BCUT2D eigenvalue weighted by molar-refractivity contribution is 5.85. The van der Waals surface area contributed by atoms with E-state index in [1.54, 1.807) is 14.0 Å². The number of carboxylic acids is 1. The molecule has 5 heteroatoms. The number of nitrogens with one attached hydrogen (secondary N) is 1. The Balaban J connectivity index is 2.55. The minimum absolute atomic E-state index is 0.357. The van der Waals surface area contributed by atoms with E-state index in [-0.39, 0.29) is 6.03 Å². The first-order chi connectivity index (χ1) is 9.89. The topological polar surface area (TPSA) is 69.6 Å². The first-order valence-electron chi connectivity index (χ1n) is 7.19. The maximum absolute atomic E-state index is 12.1. The summed E-state index contributed by atoms with van der Waals surface area (Å²) in [6, 6.07) is 9.51. The number of hydrogen-bond acceptors (Lipinski definition) is 2. The number of aliphatic carboxylic acids is 1. The van der Waals surface area contributed by atoms with Crippen LogP contribution in [-0.4, -0.2) is 41.1 Å². The summed E-state index contributed by atoms with van der Waals surface area (Å²) in [7, 11) is 1.67. The van der Waals surface area contributed by atoms with Crippen molar-refractivity contribution < 1.29 is 14.7 Å². The number of amides is 2. The molecule has 0 aliphatic heterocycles. The van der Waals surface area contributed by atoms with E-state index in [1.807, 2.05) is 37.3 Å². The number of rotatable bonds is 7. The first-order valence-corrected chi connectivity index (χ1v) is 7.19. The molecule has 1 rings (SSSR count). The van der Waals surface area contributed by atoms with Crippen molar-refractivity contribution in [2.75, 3.05) is 13.6 Å². The molecule has 0 fully saturated rings. The number of carboxylic acid groups (broad SMARTS) is 1. The van der Waals surface area contributed by atoms with E-state index in [1.165, 1.54) is 4.90 Å². The van der Waals surface area contributed by atoms with Crippen LogP contribution in [0.15, 0.2) is 30.3 Å². The smallest absolute Gasteiger partial charge is 0.329 e. The monoisotopic (exact) mass is 292 g/mol. The fraction of sp³-hybridized carbons (Fsp3) is 0.500. The van der Waals surface area contributed by atoms with E-state index >= 15 is 0 Å². The molecule has 0 heterocycles. The van der Waals surface area contributed by atoms with Crippen LogP contribution in [0, 0.1) is 0 Å². The molecule has 0 aromatic heterocycles. The van der Waals surface area contributed by atoms with Gasteiger partial charge in [0.25, 0.3) is 0 Å². The second-order valence-corrected chi connectivity index (χ2v) is 5.47. The van der Waals surface area contributed by atoms with Crippen LogP contribution in [-0.2, 0) is 11.2 Å². The van der Waals surface area contributed by atoms with Gasteiger partial charge >= 0.3 is 12.0 Å². The Morgan fingerprint density at radius 3 is 2.43 bits per heavy atom. The van der Waals surface area contributed by atoms with E-state index in [0.717, 1.165) is 12.0 Å². The summed E-state index contributed by atoms with van der Waals surface area (Å²) in [4.78, 5) is 24.9. The highest BCUT2D eigenvalue weighted by atomic mass is 16.4.